The van der Waals surface area contributed by atoms with E-state index in [0.717, 1.165) is 11.6 Å². The summed E-state index contributed by atoms with van der Waals surface area (Å²) in [6, 6.07) is 5.11. The predicted octanol–water partition coefficient (Wildman–Crippen LogP) is 2.25. The third-order valence-electron chi connectivity index (χ3n) is 2.77. The maximum Gasteiger partial charge on any atom is 0.331 e. The first kappa shape index (κ1) is 19.4. The number of aliphatic hydroxyl groups excluding tert-OH is 1. The number of carbonyl (C=O) groups is 2. The smallest absolute Gasteiger partial charge is 0.331 e. The molecule has 0 saturated heterocycles. The molecular weight excluding hydrogens is 312 g/mol. The van der Waals surface area contributed by atoms with Crippen LogP contribution in [0.2, 0.25) is 0 Å². The second-order valence-electron chi connectivity index (χ2n) is 5.06. The fourth-order valence-corrected chi connectivity index (χ4v) is 1.76. The SMILES string of the molecule is C=CC(=O)OCCOc1ccc(C=CC(=O)OC(C)C)cc1CO. The van der Waals surface area contributed by atoms with Crippen molar-refractivity contribution in [2.75, 3.05) is 13.2 Å². The molecule has 6 nitrogen and oxygen atoms in total. The topological polar surface area (TPSA) is 82.1 Å². The van der Waals surface area contributed by atoms with Gasteiger partial charge < -0.3 is 19.3 Å². The van der Waals surface area contributed by atoms with Crippen molar-refractivity contribution in [2.24, 2.45) is 0 Å². The quantitative estimate of drug-likeness (QED) is 0.424. The van der Waals surface area contributed by atoms with Gasteiger partial charge in [-0.3, -0.25) is 0 Å². The van der Waals surface area contributed by atoms with Crippen LogP contribution < -0.4 is 4.74 Å². The zero-order valence-electron chi connectivity index (χ0n) is 13.9. The van der Waals surface area contributed by atoms with Crippen LogP contribution >= 0.6 is 0 Å². The molecular formula is C18H22O6. The van der Waals surface area contributed by atoms with Gasteiger partial charge in [-0.25, -0.2) is 9.59 Å². The molecule has 0 bridgehead atoms. The number of carbonyl (C=O) groups excluding carboxylic acids is 2. The molecule has 24 heavy (non-hydrogen) atoms. The first-order valence-electron chi connectivity index (χ1n) is 7.50. The zero-order chi connectivity index (χ0) is 17.9. The summed E-state index contributed by atoms with van der Waals surface area (Å²) in [5, 5.41) is 9.43. The Balaban J connectivity index is 2.64. The number of hydrogen-bond donors (Lipinski definition) is 1. The summed E-state index contributed by atoms with van der Waals surface area (Å²) >= 11 is 0. The van der Waals surface area contributed by atoms with Gasteiger partial charge in [-0.2, -0.15) is 0 Å². The molecule has 0 amide bonds. The highest BCUT2D eigenvalue weighted by Crippen LogP contribution is 2.21. The summed E-state index contributed by atoms with van der Waals surface area (Å²) in [5.41, 5.74) is 1.29. The minimum Gasteiger partial charge on any atom is -0.490 e. The molecule has 0 spiro atoms. The van der Waals surface area contributed by atoms with Crippen molar-refractivity contribution >= 4 is 18.0 Å². The lowest BCUT2D eigenvalue weighted by molar-refractivity contribution is -0.141. The molecule has 0 aliphatic heterocycles. The molecule has 1 aromatic carbocycles. The molecule has 0 atom stereocenters. The Kier molecular flexibility index (Phi) is 8.29. The summed E-state index contributed by atoms with van der Waals surface area (Å²) in [6.45, 7) is 6.85. The average molecular weight is 334 g/mol. The van der Waals surface area contributed by atoms with E-state index in [1.54, 1.807) is 38.1 Å². The Hall–Kier alpha value is -2.60. The van der Waals surface area contributed by atoms with Gasteiger partial charge >= 0.3 is 11.9 Å². The number of rotatable bonds is 9. The van der Waals surface area contributed by atoms with Crippen molar-refractivity contribution in [2.45, 2.75) is 26.6 Å². The first-order chi connectivity index (χ1) is 11.5. The maximum atomic E-state index is 11.5. The molecule has 1 N–H and O–H groups in total. The predicted molar refractivity (Wildman–Crippen MR) is 89.3 cm³/mol. The molecule has 0 radical (unpaired) electrons. The molecule has 0 aliphatic carbocycles. The Morgan fingerprint density at radius 1 is 1.25 bits per heavy atom. The Morgan fingerprint density at radius 2 is 2.00 bits per heavy atom. The third kappa shape index (κ3) is 7.11. The van der Waals surface area contributed by atoms with Crippen molar-refractivity contribution in [1.82, 2.24) is 0 Å². The van der Waals surface area contributed by atoms with Crippen LogP contribution in [-0.4, -0.2) is 36.4 Å². The monoisotopic (exact) mass is 334 g/mol. The molecule has 6 heteroatoms. The highest BCUT2D eigenvalue weighted by atomic mass is 16.6. The number of aliphatic hydroxyl groups is 1. The Labute approximate surface area is 141 Å². The van der Waals surface area contributed by atoms with Gasteiger partial charge in [0.1, 0.15) is 19.0 Å². The van der Waals surface area contributed by atoms with Crippen LogP contribution in [0.15, 0.2) is 36.9 Å². The van der Waals surface area contributed by atoms with Gasteiger partial charge in [-0.05, 0) is 37.6 Å². The summed E-state index contributed by atoms with van der Waals surface area (Å²) in [4.78, 5) is 22.4. The van der Waals surface area contributed by atoms with E-state index in [9.17, 15) is 14.7 Å². The fourth-order valence-electron chi connectivity index (χ4n) is 1.76. The van der Waals surface area contributed by atoms with E-state index in [0.29, 0.717) is 11.3 Å². The summed E-state index contributed by atoms with van der Waals surface area (Å²) in [6.07, 6.45) is 3.82. The zero-order valence-corrected chi connectivity index (χ0v) is 13.9. The molecule has 0 fully saturated rings. The normalized spacial score (nSPS) is 10.7. The van der Waals surface area contributed by atoms with Crippen LogP contribution in [0, 0.1) is 0 Å². The van der Waals surface area contributed by atoms with Gasteiger partial charge in [-0.15, -0.1) is 0 Å². The number of benzene rings is 1. The highest BCUT2D eigenvalue weighted by Gasteiger charge is 2.05. The van der Waals surface area contributed by atoms with Crippen molar-refractivity contribution < 1.29 is 28.9 Å². The van der Waals surface area contributed by atoms with Crippen LogP contribution in [0.25, 0.3) is 6.08 Å². The summed E-state index contributed by atoms with van der Waals surface area (Å²) in [5.74, 6) is -0.469. The average Bonchev–Trinajstić information content (AvgIpc) is 2.56. The van der Waals surface area contributed by atoms with Gasteiger partial charge in [-0.1, -0.05) is 12.6 Å². The van der Waals surface area contributed by atoms with Crippen LogP contribution in [0.3, 0.4) is 0 Å². The minimum atomic E-state index is -0.519. The van der Waals surface area contributed by atoms with Gasteiger partial charge in [0, 0.05) is 17.7 Å². The molecule has 0 aliphatic rings. The Morgan fingerprint density at radius 3 is 2.62 bits per heavy atom. The lowest BCUT2D eigenvalue weighted by atomic mass is 10.1. The lowest BCUT2D eigenvalue weighted by Gasteiger charge is -2.11. The van der Waals surface area contributed by atoms with Crippen molar-refractivity contribution in [3.63, 3.8) is 0 Å². The van der Waals surface area contributed by atoms with E-state index < -0.39 is 11.9 Å². The molecule has 0 saturated carbocycles. The standard InChI is InChI=1S/C18H22O6/c1-4-17(20)23-10-9-22-16-7-5-14(11-15(16)12-19)6-8-18(21)24-13(2)3/h4-8,11,13,19H,1,9-10,12H2,2-3H3. The number of esters is 2. The molecule has 0 heterocycles. The van der Waals surface area contributed by atoms with Crippen LogP contribution in [0.1, 0.15) is 25.0 Å². The van der Waals surface area contributed by atoms with E-state index in [1.165, 1.54) is 6.08 Å². The van der Waals surface area contributed by atoms with Gasteiger partial charge in [0.05, 0.1) is 12.7 Å². The van der Waals surface area contributed by atoms with Crippen molar-refractivity contribution in [1.29, 1.82) is 0 Å². The fraction of sp³-hybridized carbons (Fsp3) is 0.333. The first-order valence-corrected chi connectivity index (χ1v) is 7.50. The molecule has 130 valence electrons. The van der Waals surface area contributed by atoms with Crippen molar-refractivity contribution in [3.8, 4) is 5.75 Å². The highest BCUT2D eigenvalue weighted by molar-refractivity contribution is 5.87. The lowest BCUT2D eigenvalue weighted by Crippen LogP contribution is -2.11. The number of ether oxygens (including phenoxy) is 3. The van der Waals surface area contributed by atoms with Crippen LogP contribution in [0.5, 0.6) is 5.75 Å². The largest absolute Gasteiger partial charge is 0.490 e. The second-order valence-corrected chi connectivity index (χ2v) is 5.06. The summed E-state index contributed by atoms with van der Waals surface area (Å²) < 4.78 is 15.3. The molecule has 0 unspecified atom stereocenters. The van der Waals surface area contributed by atoms with Crippen molar-refractivity contribution in [3.05, 3.63) is 48.1 Å². The third-order valence-corrected chi connectivity index (χ3v) is 2.77. The minimum absolute atomic E-state index is 0.0818. The molecule has 1 aromatic rings. The van der Waals surface area contributed by atoms with Crippen LogP contribution in [0.4, 0.5) is 0 Å². The van der Waals surface area contributed by atoms with E-state index in [2.05, 4.69) is 6.58 Å². The van der Waals surface area contributed by atoms with Gasteiger partial charge in [0.15, 0.2) is 0 Å². The van der Waals surface area contributed by atoms with E-state index in [-0.39, 0.29) is 25.9 Å². The van der Waals surface area contributed by atoms with Gasteiger partial charge in [0.2, 0.25) is 0 Å². The van der Waals surface area contributed by atoms with Gasteiger partial charge in [0.25, 0.3) is 0 Å². The van der Waals surface area contributed by atoms with E-state index >= 15 is 0 Å². The molecule has 1 rings (SSSR count). The maximum absolute atomic E-state index is 11.5. The molecule has 0 aromatic heterocycles. The number of hydrogen-bond acceptors (Lipinski definition) is 6. The van der Waals surface area contributed by atoms with Crippen LogP contribution in [-0.2, 0) is 25.7 Å². The van der Waals surface area contributed by atoms with E-state index in [4.69, 9.17) is 14.2 Å². The second kappa shape index (κ2) is 10.2. The summed E-state index contributed by atoms with van der Waals surface area (Å²) in [7, 11) is 0. The Bertz CT molecular complexity index is 604. The van der Waals surface area contributed by atoms with E-state index in [1.807, 2.05) is 0 Å².